The summed E-state index contributed by atoms with van der Waals surface area (Å²) in [6.07, 6.45) is 0. The van der Waals surface area contributed by atoms with Crippen molar-refractivity contribution in [3.05, 3.63) is 71.8 Å². The van der Waals surface area contributed by atoms with Crippen molar-refractivity contribution in [3.8, 4) is 0 Å². The first-order valence-corrected chi connectivity index (χ1v) is 9.36. The molecule has 7 heteroatoms. The number of hydrogen-bond acceptors (Lipinski definition) is 3. The maximum atomic E-state index is 9.11. The van der Waals surface area contributed by atoms with Gasteiger partial charge in [-0.25, -0.2) is 0 Å². The first kappa shape index (κ1) is 21.1. The zero-order valence-corrected chi connectivity index (χ0v) is 16.2. The molecule has 2 aromatic carbocycles. The van der Waals surface area contributed by atoms with Gasteiger partial charge in [-0.3, -0.25) is 9.11 Å². The quantitative estimate of drug-likeness (QED) is 0.802. The first-order chi connectivity index (χ1) is 9.45. The van der Waals surface area contributed by atoms with Crippen LogP contribution in [0.5, 0.6) is 0 Å². The Morgan fingerprint density at radius 3 is 1.48 bits per heavy atom. The van der Waals surface area contributed by atoms with Crippen molar-refractivity contribution in [3.63, 3.8) is 0 Å². The topological polar surface area (TPSA) is 57.5 Å². The summed E-state index contributed by atoms with van der Waals surface area (Å²) in [5, 5.41) is 0. The first-order valence-electron chi connectivity index (χ1n) is 5.80. The third kappa shape index (κ3) is 13.5. The van der Waals surface area contributed by atoms with Crippen molar-refractivity contribution < 1.29 is 44.3 Å². The fraction of sp³-hybridized carbons (Fsp3) is 0.143. The van der Waals surface area contributed by atoms with E-state index in [0.29, 0.717) is 0 Å². The molecule has 0 aliphatic rings. The Labute approximate surface area is 158 Å². The Balaban J connectivity index is 0. The fourth-order valence-electron chi connectivity index (χ4n) is 1.44. The summed E-state index contributed by atoms with van der Waals surface area (Å²) >= 11 is 5.42. The van der Waals surface area contributed by atoms with Gasteiger partial charge in [0, 0.05) is 22.7 Å². The van der Waals surface area contributed by atoms with E-state index in [1.165, 1.54) is 11.1 Å². The van der Waals surface area contributed by atoms with E-state index < -0.39 is 9.05 Å². The standard InChI is InChI=1S/C14H14S.Na.H2O3S2.H/c1-3-7-13(8-4-1)11-15-12-14-9-5-2-6-10-14;;1-5(2,3)4;/h1-10H,11-12H2;;(H2,1,2,3,4);/q;+1;;-1. The van der Waals surface area contributed by atoms with Crippen LogP contribution < -0.4 is 29.6 Å². The molecule has 2 N–H and O–H groups in total. The summed E-state index contributed by atoms with van der Waals surface area (Å²) in [5.41, 5.74) is 2.80. The molecule has 0 spiro atoms. The van der Waals surface area contributed by atoms with Crippen LogP contribution in [0.15, 0.2) is 60.7 Å². The molecule has 21 heavy (non-hydrogen) atoms. The van der Waals surface area contributed by atoms with E-state index in [1.807, 2.05) is 11.8 Å². The van der Waals surface area contributed by atoms with Gasteiger partial charge in [-0.2, -0.15) is 16.0 Å². The minimum Gasteiger partial charge on any atom is -1.00 e. The van der Waals surface area contributed by atoms with E-state index in [1.54, 1.807) is 0 Å². The molecule has 0 unspecified atom stereocenters. The van der Waals surface area contributed by atoms with Crippen LogP contribution in [-0.4, -0.2) is 13.3 Å². The van der Waals surface area contributed by atoms with Gasteiger partial charge in [-0.15, -0.1) is 0 Å². The molecule has 2 rings (SSSR count). The SMILES string of the molecule is O=S(O)(O)=S.[H-].[Na+].c1ccc(CSCc2ccccc2)cc1. The van der Waals surface area contributed by atoms with Gasteiger partial charge in [0.1, 0.15) is 0 Å². The third-order valence-electron chi connectivity index (χ3n) is 2.22. The molecule has 3 nitrogen and oxygen atoms in total. The van der Waals surface area contributed by atoms with Crippen molar-refractivity contribution in [2.24, 2.45) is 0 Å². The minimum atomic E-state index is -3.83. The molecule has 0 aromatic heterocycles. The molecule has 0 bridgehead atoms. The molecule has 2 aromatic rings. The summed E-state index contributed by atoms with van der Waals surface area (Å²) in [6, 6.07) is 21.2. The van der Waals surface area contributed by atoms with Crippen molar-refractivity contribution in [2.75, 3.05) is 0 Å². The van der Waals surface area contributed by atoms with Crippen LogP contribution in [0, 0.1) is 0 Å². The molecule has 0 saturated carbocycles. The molecule has 0 radical (unpaired) electrons. The predicted octanol–water partition coefficient (Wildman–Crippen LogP) is 0.915. The van der Waals surface area contributed by atoms with E-state index in [9.17, 15) is 0 Å². The fourth-order valence-corrected chi connectivity index (χ4v) is 2.39. The molecular formula is C14H17NaO3S3. The normalized spacial score (nSPS) is 10.0. The van der Waals surface area contributed by atoms with Crippen LogP contribution in [0.1, 0.15) is 12.6 Å². The van der Waals surface area contributed by atoms with Crippen LogP contribution in [0.2, 0.25) is 0 Å². The van der Waals surface area contributed by atoms with Crippen LogP contribution in [0.4, 0.5) is 0 Å². The second-order valence-corrected chi connectivity index (χ2v) is 7.10. The van der Waals surface area contributed by atoms with Gasteiger partial charge in [0.05, 0.1) is 0 Å². The van der Waals surface area contributed by atoms with E-state index in [4.69, 9.17) is 13.3 Å². The van der Waals surface area contributed by atoms with E-state index in [-0.39, 0.29) is 31.0 Å². The molecule has 0 heterocycles. The van der Waals surface area contributed by atoms with Crippen molar-refractivity contribution in [1.82, 2.24) is 0 Å². The van der Waals surface area contributed by atoms with E-state index in [2.05, 4.69) is 71.9 Å². The average molecular weight is 352 g/mol. The van der Waals surface area contributed by atoms with Crippen LogP contribution in [0.25, 0.3) is 0 Å². The monoisotopic (exact) mass is 352 g/mol. The third-order valence-corrected chi connectivity index (χ3v) is 3.30. The summed E-state index contributed by atoms with van der Waals surface area (Å²) in [4.78, 5) is 0. The summed E-state index contributed by atoms with van der Waals surface area (Å²) in [6.45, 7) is 0. The van der Waals surface area contributed by atoms with Gasteiger partial charge in [-0.05, 0) is 11.1 Å². The van der Waals surface area contributed by atoms with Gasteiger partial charge in [0.15, 0.2) is 0 Å². The summed E-state index contributed by atoms with van der Waals surface area (Å²) < 4.78 is 24.0. The second-order valence-electron chi connectivity index (χ2n) is 3.91. The Bertz CT molecular complexity index is 548. The van der Waals surface area contributed by atoms with Crippen LogP contribution in [0.3, 0.4) is 0 Å². The number of thioether (sulfide) groups is 1. The van der Waals surface area contributed by atoms with Gasteiger partial charge in [-0.1, -0.05) is 60.7 Å². The zero-order valence-electron chi connectivity index (χ0n) is 12.7. The molecule has 0 amide bonds. The molecule has 0 fully saturated rings. The predicted molar refractivity (Wildman–Crippen MR) is 89.8 cm³/mol. The van der Waals surface area contributed by atoms with Gasteiger partial charge in [0.2, 0.25) is 0 Å². The van der Waals surface area contributed by atoms with Crippen molar-refractivity contribution in [2.45, 2.75) is 11.5 Å². The summed E-state index contributed by atoms with van der Waals surface area (Å²) in [7, 11) is -3.83. The molecule has 0 aliphatic carbocycles. The van der Waals surface area contributed by atoms with Crippen molar-refractivity contribution >= 4 is 32.0 Å². The molecule has 110 valence electrons. The van der Waals surface area contributed by atoms with Crippen LogP contribution >= 0.6 is 11.8 Å². The Morgan fingerprint density at radius 2 is 1.19 bits per heavy atom. The van der Waals surface area contributed by atoms with Gasteiger partial charge >= 0.3 is 29.6 Å². The maximum Gasteiger partial charge on any atom is 1.00 e. The van der Waals surface area contributed by atoms with E-state index in [0.717, 1.165) is 11.5 Å². The molecule has 0 aliphatic heterocycles. The Hall–Kier alpha value is 0.0800. The second kappa shape index (κ2) is 11.6. The van der Waals surface area contributed by atoms with Crippen molar-refractivity contribution in [1.29, 1.82) is 0 Å². The number of rotatable bonds is 4. The van der Waals surface area contributed by atoms with Gasteiger partial charge in [0.25, 0.3) is 9.05 Å². The molecule has 0 atom stereocenters. The Kier molecular flexibility index (Phi) is 11.7. The number of benzene rings is 2. The minimum absolute atomic E-state index is 0. The van der Waals surface area contributed by atoms with Crippen LogP contribution in [-0.2, 0) is 31.7 Å². The average Bonchev–Trinajstić information content (AvgIpc) is 2.39. The summed E-state index contributed by atoms with van der Waals surface area (Å²) in [5.74, 6) is 2.19. The largest absolute Gasteiger partial charge is 1.00 e. The maximum absolute atomic E-state index is 9.11. The van der Waals surface area contributed by atoms with Gasteiger partial charge < -0.3 is 1.43 Å². The molecular weight excluding hydrogens is 335 g/mol. The smallest absolute Gasteiger partial charge is 1.00 e. The Morgan fingerprint density at radius 1 is 0.905 bits per heavy atom. The zero-order chi connectivity index (χ0) is 14.8. The van der Waals surface area contributed by atoms with E-state index >= 15 is 0 Å². The molecule has 0 saturated heterocycles. The number of hydrogen-bond donors (Lipinski definition) is 2.